The summed E-state index contributed by atoms with van der Waals surface area (Å²) in [6.07, 6.45) is 2.52. The molecule has 1 aliphatic rings. The fourth-order valence-corrected chi connectivity index (χ4v) is 2.78. The molecule has 0 saturated heterocycles. The van der Waals surface area contributed by atoms with E-state index >= 15 is 0 Å². The van der Waals surface area contributed by atoms with Crippen molar-refractivity contribution < 1.29 is 0 Å². The quantitative estimate of drug-likeness (QED) is 0.849. The third-order valence-electron chi connectivity index (χ3n) is 3.94. The van der Waals surface area contributed by atoms with E-state index < -0.39 is 0 Å². The molecule has 0 aromatic heterocycles. The van der Waals surface area contributed by atoms with Crippen molar-refractivity contribution in [1.82, 2.24) is 5.32 Å². The molecule has 1 N–H and O–H groups in total. The van der Waals surface area contributed by atoms with Gasteiger partial charge in [0.2, 0.25) is 0 Å². The average Bonchev–Trinajstić information content (AvgIpc) is 2.42. The largest absolute Gasteiger partial charge is 0.371 e. The predicted octanol–water partition coefficient (Wildman–Crippen LogP) is 2.72. The number of anilines is 2. The summed E-state index contributed by atoms with van der Waals surface area (Å²) >= 11 is 0. The molecule has 2 rings (SSSR count). The third-order valence-corrected chi connectivity index (χ3v) is 3.94. The van der Waals surface area contributed by atoms with E-state index in [4.69, 9.17) is 0 Å². The number of hydrogen-bond acceptors (Lipinski definition) is 3. The molecule has 3 heteroatoms. The van der Waals surface area contributed by atoms with Crippen molar-refractivity contribution in [3.05, 3.63) is 24.3 Å². The van der Waals surface area contributed by atoms with Gasteiger partial charge in [-0.05, 0) is 25.5 Å². The lowest BCUT2D eigenvalue weighted by Gasteiger charge is -2.37. The lowest BCUT2D eigenvalue weighted by atomic mass is 10.1. The van der Waals surface area contributed by atoms with Gasteiger partial charge in [0.05, 0.1) is 11.4 Å². The van der Waals surface area contributed by atoms with E-state index in [1.807, 2.05) is 0 Å². The van der Waals surface area contributed by atoms with Gasteiger partial charge in [0, 0.05) is 39.3 Å². The minimum atomic E-state index is 0.632. The van der Waals surface area contributed by atoms with E-state index in [9.17, 15) is 0 Å². The smallest absolute Gasteiger partial charge is 0.0605 e. The van der Waals surface area contributed by atoms with Gasteiger partial charge in [0.25, 0.3) is 0 Å². The first-order chi connectivity index (χ1) is 9.22. The Morgan fingerprint density at radius 3 is 2.68 bits per heavy atom. The number of para-hydroxylation sites is 2. The van der Waals surface area contributed by atoms with Crippen molar-refractivity contribution in [2.24, 2.45) is 0 Å². The van der Waals surface area contributed by atoms with Crippen LogP contribution >= 0.6 is 0 Å². The van der Waals surface area contributed by atoms with E-state index in [0.29, 0.717) is 6.04 Å². The highest BCUT2D eigenvalue weighted by Gasteiger charge is 2.19. The van der Waals surface area contributed by atoms with Crippen molar-refractivity contribution in [2.75, 3.05) is 43.0 Å². The summed E-state index contributed by atoms with van der Waals surface area (Å²) in [6, 6.07) is 9.35. The van der Waals surface area contributed by atoms with Crippen LogP contribution < -0.4 is 15.1 Å². The summed E-state index contributed by atoms with van der Waals surface area (Å²) in [7, 11) is 2.18. The van der Waals surface area contributed by atoms with Crippen molar-refractivity contribution in [2.45, 2.75) is 32.7 Å². The van der Waals surface area contributed by atoms with Gasteiger partial charge in [-0.15, -0.1) is 0 Å². The molecule has 0 fully saturated rings. The molecule has 106 valence electrons. The van der Waals surface area contributed by atoms with E-state index in [1.54, 1.807) is 0 Å². The Morgan fingerprint density at radius 2 is 1.95 bits per heavy atom. The molecule has 1 aliphatic heterocycles. The van der Waals surface area contributed by atoms with E-state index in [2.05, 4.69) is 60.3 Å². The Labute approximate surface area is 117 Å². The molecule has 0 saturated carbocycles. The second kappa shape index (κ2) is 6.80. The molecule has 1 unspecified atom stereocenters. The van der Waals surface area contributed by atoms with Gasteiger partial charge in [0.1, 0.15) is 0 Å². The summed E-state index contributed by atoms with van der Waals surface area (Å²) in [5.74, 6) is 0. The molecule has 0 spiro atoms. The summed E-state index contributed by atoms with van der Waals surface area (Å²) in [5.41, 5.74) is 2.73. The number of hydrogen-bond donors (Lipinski definition) is 1. The predicted molar refractivity (Wildman–Crippen MR) is 84.3 cm³/mol. The minimum absolute atomic E-state index is 0.632. The topological polar surface area (TPSA) is 18.5 Å². The summed E-state index contributed by atoms with van der Waals surface area (Å²) < 4.78 is 0. The SMILES string of the molecule is CCCC(C)NCCN1CCN(C)c2ccccc21. The van der Waals surface area contributed by atoms with Crippen LogP contribution in [0.2, 0.25) is 0 Å². The summed E-state index contributed by atoms with van der Waals surface area (Å²) in [6.45, 7) is 8.92. The van der Waals surface area contributed by atoms with E-state index in [1.165, 1.54) is 24.2 Å². The van der Waals surface area contributed by atoms with Gasteiger partial charge < -0.3 is 15.1 Å². The van der Waals surface area contributed by atoms with Crippen molar-refractivity contribution >= 4 is 11.4 Å². The zero-order valence-electron chi connectivity index (χ0n) is 12.5. The van der Waals surface area contributed by atoms with Crippen molar-refractivity contribution in [3.8, 4) is 0 Å². The van der Waals surface area contributed by atoms with Crippen LogP contribution in [0.4, 0.5) is 11.4 Å². The Kier molecular flexibility index (Phi) is 5.08. The van der Waals surface area contributed by atoms with Gasteiger partial charge in [0.15, 0.2) is 0 Å². The molecular weight excluding hydrogens is 234 g/mol. The highest BCUT2D eigenvalue weighted by Crippen LogP contribution is 2.31. The van der Waals surface area contributed by atoms with Crippen LogP contribution in [-0.4, -0.2) is 39.3 Å². The lowest BCUT2D eigenvalue weighted by molar-refractivity contribution is 0.508. The van der Waals surface area contributed by atoms with Gasteiger partial charge >= 0.3 is 0 Å². The molecule has 1 aromatic rings. The molecule has 1 heterocycles. The Bertz CT molecular complexity index is 391. The van der Waals surface area contributed by atoms with Crippen molar-refractivity contribution in [1.29, 1.82) is 0 Å². The molecule has 0 aliphatic carbocycles. The average molecular weight is 261 g/mol. The normalized spacial score (nSPS) is 16.4. The van der Waals surface area contributed by atoms with E-state index in [0.717, 1.165) is 26.2 Å². The zero-order valence-corrected chi connectivity index (χ0v) is 12.5. The van der Waals surface area contributed by atoms with Crippen LogP contribution in [0.3, 0.4) is 0 Å². The maximum Gasteiger partial charge on any atom is 0.0605 e. The Hall–Kier alpha value is -1.22. The van der Waals surface area contributed by atoms with Crippen LogP contribution in [0.1, 0.15) is 26.7 Å². The maximum absolute atomic E-state index is 3.62. The number of nitrogens with zero attached hydrogens (tertiary/aromatic N) is 2. The second-order valence-electron chi connectivity index (χ2n) is 5.54. The van der Waals surface area contributed by atoms with Crippen LogP contribution in [0.25, 0.3) is 0 Å². The minimum Gasteiger partial charge on any atom is -0.371 e. The van der Waals surface area contributed by atoms with Crippen LogP contribution in [0.5, 0.6) is 0 Å². The summed E-state index contributed by atoms with van der Waals surface area (Å²) in [4.78, 5) is 4.85. The highest BCUT2D eigenvalue weighted by molar-refractivity contribution is 5.73. The van der Waals surface area contributed by atoms with E-state index in [-0.39, 0.29) is 0 Å². The van der Waals surface area contributed by atoms with Crippen LogP contribution in [0.15, 0.2) is 24.3 Å². The number of rotatable bonds is 6. The molecule has 3 nitrogen and oxygen atoms in total. The number of benzene rings is 1. The first-order valence-electron chi connectivity index (χ1n) is 7.51. The number of nitrogens with one attached hydrogen (secondary N) is 1. The fraction of sp³-hybridized carbons (Fsp3) is 0.625. The van der Waals surface area contributed by atoms with Gasteiger partial charge in [-0.3, -0.25) is 0 Å². The monoisotopic (exact) mass is 261 g/mol. The maximum atomic E-state index is 3.62. The number of fused-ring (bicyclic) bond motifs is 1. The molecule has 1 atom stereocenters. The van der Waals surface area contributed by atoms with Gasteiger partial charge in [-0.1, -0.05) is 25.5 Å². The Balaban J connectivity index is 1.90. The zero-order chi connectivity index (χ0) is 13.7. The standard InChI is InChI=1S/C16H27N3/c1-4-7-14(2)17-10-11-19-13-12-18(3)15-8-5-6-9-16(15)19/h5-6,8-9,14,17H,4,7,10-13H2,1-3H3. The molecule has 19 heavy (non-hydrogen) atoms. The molecule has 0 bridgehead atoms. The first-order valence-corrected chi connectivity index (χ1v) is 7.51. The molecule has 0 radical (unpaired) electrons. The highest BCUT2D eigenvalue weighted by atomic mass is 15.3. The Morgan fingerprint density at radius 1 is 1.21 bits per heavy atom. The third kappa shape index (κ3) is 3.63. The fourth-order valence-electron chi connectivity index (χ4n) is 2.78. The molecular formula is C16H27N3. The molecule has 0 amide bonds. The lowest BCUT2D eigenvalue weighted by Crippen LogP contribution is -2.43. The number of likely N-dealkylation sites (N-methyl/N-ethyl adjacent to an activating group) is 1. The van der Waals surface area contributed by atoms with Gasteiger partial charge in [-0.25, -0.2) is 0 Å². The van der Waals surface area contributed by atoms with Gasteiger partial charge in [-0.2, -0.15) is 0 Å². The summed E-state index contributed by atoms with van der Waals surface area (Å²) in [5, 5.41) is 3.62. The van der Waals surface area contributed by atoms with Crippen LogP contribution in [0, 0.1) is 0 Å². The first kappa shape index (κ1) is 14.2. The van der Waals surface area contributed by atoms with Crippen molar-refractivity contribution in [3.63, 3.8) is 0 Å². The molecule has 1 aromatic carbocycles. The second-order valence-corrected chi connectivity index (χ2v) is 5.54. The van der Waals surface area contributed by atoms with Crippen LogP contribution in [-0.2, 0) is 0 Å².